The van der Waals surface area contributed by atoms with Gasteiger partial charge in [0.25, 0.3) is 0 Å². The molecule has 3 rings (SSSR count). The van der Waals surface area contributed by atoms with Gasteiger partial charge in [-0.25, -0.2) is 0 Å². The van der Waals surface area contributed by atoms with Gasteiger partial charge in [-0.3, -0.25) is 4.98 Å². The van der Waals surface area contributed by atoms with Crippen molar-refractivity contribution in [1.29, 1.82) is 0 Å². The molecule has 0 amide bonds. The van der Waals surface area contributed by atoms with E-state index in [1.807, 2.05) is 36.7 Å². The first kappa shape index (κ1) is 19.3. The minimum Gasteiger partial charge on any atom is -0.396 e. The molecule has 0 saturated heterocycles. The highest BCUT2D eigenvalue weighted by molar-refractivity contribution is 5.46. The van der Waals surface area contributed by atoms with E-state index in [1.165, 1.54) is 0 Å². The van der Waals surface area contributed by atoms with Crippen LogP contribution in [0.25, 0.3) is 0 Å². The summed E-state index contributed by atoms with van der Waals surface area (Å²) in [4.78, 5) is 4.20. The van der Waals surface area contributed by atoms with E-state index in [4.69, 9.17) is 9.84 Å². The summed E-state index contributed by atoms with van der Waals surface area (Å²) in [6.07, 6.45) is 7.54. The number of aromatic nitrogens is 1. The Bertz CT molecular complexity index is 679. The van der Waals surface area contributed by atoms with Crippen LogP contribution in [-0.2, 0) is 10.3 Å². The topological polar surface area (TPSA) is 42.4 Å². The van der Waals surface area contributed by atoms with Gasteiger partial charge in [-0.15, -0.1) is 0 Å². The van der Waals surface area contributed by atoms with Gasteiger partial charge < -0.3 is 9.84 Å². The Morgan fingerprint density at radius 1 is 0.667 bits per heavy atom. The molecule has 27 heavy (non-hydrogen) atoms. The lowest BCUT2D eigenvalue weighted by molar-refractivity contribution is 0.0105. The fourth-order valence-corrected chi connectivity index (χ4v) is 3.48. The number of aliphatic hydroxyl groups is 1. The molecule has 0 aliphatic carbocycles. The van der Waals surface area contributed by atoms with Crippen LogP contribution < -0.4 is 0 Å². The van der Waals surface area contributed by atoms with E-state index in [-0.39, 0.29) is 6.61 Å². The summed E-state index contributed by atoms with van der Waals surface area (Å²) in [5.74, 6) is 0. The van der Waals surface area contributed by atoms with Crippen molar-refractivity contribution in [3.63, 3.8) is 0 Å². The zero-order chi connectivity index (χ0) is 18.8. The molecule has 3 heteroatoms. The molecule has 0 aliphatic rings. The molecule has 3 nitrogen and oxygen atoms in total. The number of benzene rings is 2. The monoisotopic (exact) mass is 361 g/mol. The molecule has 140 valence electrons. The fraction of sp³-hybridized carbons (Fsp3) is 0.292. The third-order valence-corrected chi connectivity index (χ3v) is 4.82. The summed E-state index contributed by atoms with van der Waals surface area (Å²) in [7, 11) is 0. The normalized spacial score (nSPS) is 11.4. The van der Waals surface area contributed by atoms with Gasteiger partial charge >= 0.3 is 0 Å². The lowest BCUT2D eigenvalue weighted by Crippen LogP contribution is -2.33. The molecule has 0 aliphatic heterocycles. The van der Waals surface area contributed by atoms with E-state index >= 15 is 0 Å². The van der Waals surface area contributed by atoms with Gasteiger partial charge in [0.1, 0.15) is 5.60 Å². The average molecular weight is 361 g/mol. The fourth-order valence-electron chi connectivity index (χ4n) is 3.48. The highest BCUT2D eigenvalue weighted by Crippen LogP contribution is 2.40. The maximum atomic E-state index is 8.96. The first-order valence-corrected chi connectivity index (χ1v) is 9.64. The van der Waals surface area contributed by atoms with E-state index in [9.17, 15) is 0 Å². The summed E-state index contributed by atoms with van der Waals surface area (Å²) in [5, 5.41) is 8.96. The second-order valence-electron chi connectivity index (χ2n) is 6.64. The van der Waals surface area contributed by atoms with Gasteiger partial charge in [0.2, 0.25) is 0 Å². The van der Waals surface area contributed by atoms with Crippen molar-refractivity contribution in [2.75, 3.05) is 13.2 Å². The van der Waals surface area contributed by atoms with Crippen molar-refractivity contribution in [3.8, 4) is 0 Å². The van der Waals surface area contributed by atoms with Gasteiger partial charge in [-0.05, 0) is 41.7 Å². The minimum atomic E-state index is -0.664. The van der Waals surface area contributed by atoms with Crippen LogP contribution in [0.5, 0.6) is 0 Å². The number of rotatable bonds is 10. The molecular formula is C24H27NO2. The van der Waals surface area contributed by atoms with E-state index in [2.05, 4.69) is 53.5 Å². The lowest BCUT2D eigenvalue weighted by atomic mass is 9.80. The quantitative estimate of drug-likeness (QED) is 0.520. The number of nitrogens with zero attached hydrogens (tertiary/aromatic N) is 1. The Labute approximate surface area is 161 Å². The van der Waals surface area contributed by atoms with Crippen molar-refractivity contribution in [2.45, 2.75) is 31.3 Å². The summed E-state index contributed by atoms with van der Waals surface area (Å²) < 4.78 is 6.68. The molecule has 2 aromatic carbocycles. The van der Waals surface area contributed by atoms with E-state index in [0.717, 1.165) is 42.4 Å². The Morgan fingerprint density at radius 2 is 1.19 bits per heavy atom. The van der Waals surface area contributed by atoms with Crippen molar-refractivity contribution < 1.29 is 9.84 Å². The second kappa shape index (κ2) is 10.0. The van der Waals surface area contributed by atoms with Crippen LogP contribution in [0, 0.1) is 0 Å². The van der Waals surface area contributed by atoms with Crippen molar-refractivity contribution >= 4 is 0 Å². The zero-order valence-corrected chi connectivity index (χ0v) is 15.6. The number of aliphatic hydroxyl groups excluding tert-OH is 1. The number of hydrogen-bond donors (Lipinski definition) is 1. The van der Waals surface area contributed by atoms with Gasteiger partial charge in [0.15, 0.2) is 0 Å². The van der Waals surface area contributed by atoms with Crippen molar-refractivity contribution in [3.05, 3.63) is 102 Å². The molecule has 3 aromatic rings. The zero-order valence-electron chi connectivity index (χ0n) is 15.6. The van der Waals surface area contributed by atoms with Gasteiger partial charge in [-0.1, -0.05) is 73.5 Å². The number of unbranched alkanes of at least 4 members (excludes halogenated alkanes) is 3. The predicted octanol–water partition coefficient (Wildman–Crippen LogP) is 4.94. The van der Waals surface area contributed by atoms with E-state index in [0.29, 0.717) is 6.61 Å². The molecule has 0 radical (unpaired) electrons. The third-order valence-electron chi connectivity index (χ3n) is 4.82. The number of hydrogen-bond acceptors (Lipinski definition) is 3. The number of pyridine rings is 1. The molecular weight excluding hydrogens is 334 g/mol. The maximum absolute atomic E-state index is 8.96. The van der Waals surface area contributed by atoms with Crippen LogP contribution in [-0.4, -0.2) is 23.3 Å². The molecule has 0 fully saturated rings. The predicted molar refractivity (Wildman–Crippen MR) is 109 cm³/mol. The Hall–Kier alpha value is -2.49. The third kappa shape index (κ3) is 4.62. The molecule has 1 N–H and O–H groups in total. The van der Waals surface area contributed by atoms with Crippen molar-refractivity contribution in [2.24, 2.45) is 0 Å². The highest BCUT2D eigenvalue weighted by atomic mass is 16.5. The average Bonchev–Trinajstić information content (AvgIpc) is 2.75. The lowest BCUT2D eigenvalue weighted by Gasteiger charge is -2.36. The molecule has 0 saturated carbocycles. The van der Waals surface area contributed by atoms with E-state index < -0.39 is 5.60 Å². The van der Waals surface area contributed by atoms with Crippen LogP contribution in [0.2, 0.25) is 0 Å². The van der Waals surface area contributed by atoms with Crippen LogP contribution >= 0.6 is 0 Å². The summed E-state index contributed by atoms with van der Waals surface area (Å²) in [6.45, 7) is 0.910. The highest BCUT2D eigenvalue weighted by Gasteiger charge is 2.37. The van der Waals surface area contributed by atoms with Crippen LogP contribution in [0.3, 0.4) is 0 Å². The molecule has 1 heterocycles. The summed E-state index contributed by atoms with van der Waals surface area (Å²) in [6, 6.07) is 24.8. The molecule has 0 atom stereocenters. The smallest absolute Gasteiger partial charge is 0.143 e. The molecule has 0 unspecified atom stereocenters. The van der Waals surface area contributed by atoms with Gasteiger partial charge in [0, 0.05) is 25.6 Å². The summed E-state index contributed by atoms with van der Waals surface area (Å²) in [5.41, 5.74) is 2.63. The second-order valence-corrected chi connectivity index (χ2v) is 6.64. The SMILES string of the molecule is OCCCCCCOC(c1ccccc1)(c1ccccc1)c1ccncc1. The van der Waals surface area contributed by atoms with Crippen LogP contribution in [0.4, 0.5) is 0 Å². The Balaban J connectivity index is 1.98. The first-order valence-electron chi connectivity index (χ1n) is 9.64. The standard InChI is InChI=1S/C24H27NO2/c26-19-9-1-2-10-20-27-24(21-11-5-3-6-12-21,22-13-7-4-8-14-22)23-15-17-25-18-16-23/h3-8,11-18,26H,1-2,9-10,19-20H2. The maximum Gasteiger partial charge on any atom is 0.143 e. The molecule has 1 aromatic heterocycles. The van der Waals surface area contributed by atoms with Gasteiger partial charge in [-0.2, -0.15) is 0 Å². The van der Waals surface area contributed by atoms with Crippen molar-refractivity contribution in [1.82, 2.24) is 4.98 Å². The Morgan fingerprint density at radius 3 is 1.74 bits per heavy atom. The van der Waals surface area contributed by atoms with Gasteiger partial charge in [0.05, 0.1) is 0 Å². The largest absolute Gasteiger partial charge is 0.396 e. The van der Waals surface area contributed by atoms with Crippen LogP contribution in [0.1, 0.15) is 42.4 Å². The first-order chi connectivity index (χ1) is 13.4. The molecule has 0 bridgehead atoms. The Kier molecular flexibility index (Phi) is 7.14. The van der Waals surface area contributed by atoms with Crippen LogP contribution in [0.15, 0.2) is 85.2 Å². The minimum absolute atomic E-state index is 0.260. The number of ether oxygens (including phenoxy) is 1. The molecule has 0 spiro atoms. The summed E-state index contributed by atoms with van der Waals surface area (Å²) >= 11 is 0. The van der Waals surface area contributed by atoms with E-state index in [1.54, 1.807) is 0 Å².